The first-order valence-corrected chi connectivity index (χ1v) is 9.50. The molecule has 1 aliphatic heterocycles. The third-order valence-corrected chi connectivity index (χ3v) is 4.66. The minimum atomic E-state index is -0.683. The van der Waals surface area contributed by atoms with Gasteiger partial charge in [0.15, 0.2) is 18.1 Å². The highest BCUT2D eigenvalue weighted by Crippen LogP contribution is 2.32. The van der Waals surface area contributed by atoms with E-state index in [1.807, 2.05) is 32.0 Å². The summed E-state index contributed by atoms with van der Waals surface area (Å²) in [4.78, 5) is 36.6. The molecule has 29 heavy (non-hydrogen) atoms. The summed E-state index contributed by atoms with van der Waals surface area (Å²) in [7, 11) is 0. The summed E-state index contributed by atoms with van der Waals surface area (Å²) in [6.45, 7) is 3.39. The summed E-state index contributed by atoms with van der Waals surface area (Å²) in [6.07, 6.45) is 1.53. The topological polar surface area (TPSA) is 90.9 Å². The van der Waals surface area contributed by atoms with Gasteiger partial charge in [-0.05, 0) is 48.2 Å². The van der Waals surface area contributed by atoms with Gasteiger partial charge in [0.2, 0.25) is 12.6 Å². The second-order valence-electron chi connectivity index (χ2n) is 6.53. The SMILES string of the molecule is CCc1ccc(CC)c(C(=O)COC(=O)CNC(=O)c2ccc3c(c2)OCO3)c1. The fourth-order valence-electron chi connectivity index (χ4n) is 2.98. The predicted octanol–water partition coefficient (Wildman–Crippen LogP) is 2.70. The van der Waals surface area contributed by atoms with Gasteiger partial charge < -0.3 is 19.5 Å². The Morgan fingerprint density at radius 2 is 1.79 bits per heavy atom. The summed E-state index contributed by atoms with van der Waals surface area (Å²) in [5.41, 5.74) is 2.87. The average Bonchev–Trinajstić information content (AvgIpc) is 3.23. The Bertz CT molecular complexity index is 937. The van der Waals surface area contributed by atoms with Crippen molar-refractivity contribution in [2.24, 2.45) is 0 Å². The fraction of sp³-hybridized carbons (Fsp3) is 0.318. The molecule has 0 radical (unpaired) electrons. The predicted molar refractivity (Wildman–Crippen MR) is 105 cm³/mol. The molecule has 152 valence electrons. The highest BCUT2D eigenvalue weighted by Gasteiger charge is 2.18. The van der Waals surface area contributed by atoms with Gasteiger partial charge in [0.05, 0.1) is 0 Å². The van der Waals surface area contributed by atoms with Crippen LogP contribution in [0.5, 0.6) is 11.5 Å². The van der Waals surface area contributed by atoms with Crippen molar-refractivity contribution >= 4 is 17.7 Å². The molecule has 2 aromatic carbocycles. The first-order valence-electron chi connectivity index (χ1n) is 9.50. The quantitative estimate of drug-likeness (QED) is 0.544. The van der Waals surface area contributed by atoms with Gasteiger partial charge in [-0.1, -0.05) is 26.0 Å². The number of hydrogen-bond acceptors (Lipinski definition) is 6. The zero-order chi connectivity index (χ0) is 20.8. The summed E-state index contributed by atoms with van der Waals surface area (Å²) in [5, 5.41) is 2.47. The Morgan fingerprint density at radius 1 is 1.00 bits per heavy atom. The van der Waals surface area contributed by atoms with Gasteiger partial charge in [0.25, 0.3) is 5.91 Å². The minimum absolute atomic E-state index is 0.113. The molecular formula is C22H23NO6. The number of nitrogens with one attached hydrogen (secondary N) is 1. The van der Waals surface area contributed by atoms with E-state index in [-0.39, 0.29) is 25.7 Å². The summed E-state index contributed by atoms with van der Waals surface area (Å²) in [6, 6.07) is 10.5. The highest BCUT2D eigenvalue weighted by atomic mass is 16.7. The van der Waals surface area contributed by atoms with E-state index < -0.39 is 11.9 Å². The molecule has 3 rings (SSSR count). The number of rotatable bonds is 8. The van der Waals surface area contributed by atoms with Gasteiger partial charge in [0, 0.05) is 11.1 Å². The van der Waals surface area contributed by atoms with Crippen molar-refractivity contribution in [2.75, 3.05) is 19.9 Å². The van der Waals surface area contributed by atoms with Crippen molar-refractivity contribution in [1.29, 1.82) is 0 Å². The van der Waals surface area contributed by atoms with Crippen LogP contribution < -0.4 is 14.8 Å². The van der Waals surface area contributed by atoms with E-state index in [2.05, 4.69) is 5.32 Å². The molecule has 1 amide bonds. The lowest BCUT2D eigenvalue weighted by Gasteiger charge is -2.10. The molecule has 0 saturated heterocycles. The number of Topliss-reactive ketones (excluding diaryl/α,β-unsaturated/α-hetero) is 1. The number of esters is 1. The molecule has 0 fully saturated rings. The number of hydrogen-bond donors (Lipinski definition) is 1. The molecule has 2 aromatic rings. The Balaban J connectivity index is 1.51. The third kappa shape index (κ3) is 4.93. The number of ketones is 1. The van der Waals surface area contributed by atoms with Gasteiger partial charge in [-0.3, -0.25) is 14.4 Å². The number of fused-ring (bicyclic) bond motifs is 1. The van der Waals surface area contributed by atoms with Crippen LogP contribution >= 0.6 is 0 Å². The lowest BCUT2D eigenvalue weighted by atomic mass is 9.98. The molecule has 0 atom stereocenters. The van der Waals surface area contributed by atoms with Crippen LogP contribution in [0.1, 0.15) is 45.7 Å². The van der Waals surface area contributed by atoms with E-state index in [0.717, 1.165) is 17.5 Å². The number of benzene rings is 2. The molecular weight excluding hydrogens is 374 g/mol. The van der Waals surface area contributed by atoms with Gasteiger partial charge in [-0.2, -0.15) is 0 Å². The Hall–Kier alpha value is -3.35. The van der Waals surface area contributed by atoms with Crippen molar-refractivity contribution in [3.63, 3.8) is 0 Å². The van der Waals surface area contributed by atoms with Gasteiger partial charge in [-0.15, -0.1) is 0 Å². The van der Waals surface area contributed by atoms with Crippen LogP contribution in [0.3, 0.4) is 0 Å². The first kappa shape index (κ1) is 20.4. The second-order valence-corrected chi connectivity index (χ2v) is 6.53. The number of ether oxygens (including phenoxy) is 3. The Kier molecular flexibility index (Phi) is 6.49. The van der Waals surface area contributed by atoms with E-state index in [9.17, 15) is 14.4 Å². The average molecular weight is 397 g/mol. The molecule has 0 saturated carbocycles. The number of aryl methyl sites for hydroxylation is 2. The van der Waals surface area contributed by atoms with E-state index in [1.54, 1.807) is 18.2 Å². The summed E-state index contributed by atoms with van der Waals surface area (Å²) in [5.74, 6) is -0.342. The molecule has 0 unspecified atom stereocenters. The molecule has 0 spiro atoms. The maximum absolute atomic E-state index is 12.5. The second kappa shape index (κ2) is 9.23. The van der Waals surface area contributed by atoms with Crippen LogP contribution in [0.2, 0.25) is 0 Å². The van der Waals surface area contributed by atoms with Crippen LogP contribution in [0.15, 0.2) is 36.4 Å². The smallest absolute Gasteiger partial charge is 0.325 e. The first-order chi connectivity index (χ1) is 14.0. The van der Waals surface area contributed by atoms with Crippen LogP contribution in [-0.4, -0.2) is 37.6 Å². The molecule has 1 aliphatic rings. The Labute approximate surface area is 169 Å². The zero-order valence-corrected chi connectivity index (χ0v) is 16.4. The lowest BCUT2D eigenvalue weighted by molar-refractivity contribution is -0.141. The van der Waals surface area contributed by atoms with E-state index >= 15 is 0 Å². The summed E-state index contributed by atoms with van der Waals surface area (Å²) < 4.78 is 15.5. The third-order valence-electron chi connectivity index (χ3n) is 4.66. The monoisotopic (exact) mass is 397 g/mol. The fourth-order valence-corrected chi connectivity index (χ4v) is 2.98. The molecule has 0 aromatic heterocycles. The number of carbonyl (C=O) groups is 3. The maximum Gasteiger partial charge on any atom is 0.325 e. The largest absolute Gasteiger partial charge is 0.456 e. The highest BCUT2D eigenvalue weighted by molar-refractivity contribution is 6.00. The van der Waals surface area contributed by atoms with Crippen molar-refractivity contribution in [3.8, 4) is 11.5 Å². The Morgan fingerprint density at radius 3 is 2.55 bits per heavy atom. The molecule has 7 nitrogen and oxygen atoms in total. The molecule has 0 bridgehead atoms. The van der Waals surface area contributed by atoms with E-state index in [1.165, 1.54) is 0 Å². The van der Waals surface area contributed by atoms with Crippen LogP contribution in [-0.2, 0) is 22.4 Å². The van der Waals surface area contributed by atoms with E-state index in [0.29, 0.717) is 29.0 Å². The minimum Gasteiger partial charge on any atom is -0.456 e. The van der Waals surface area contributed by atoms with E-state index in [4.69, 9.17) is 14.2 Å². The van der Waals surface area contributed by atoms with Gasteiger partial charge in [-0.25, -0.2) is 0 Å². The number of carbonyl (C=O) groups excluding carboxylic acids is 3. The standard InChI is InChI=1S/C22H23NO6/c1-3-14-5-6-15(4-2)17(9-14)18(24)12-27-21(25)11-23-22(26)16-7-8-19-20(10-16)29-13-28-19/h5-10H,3-4,11-13H2,1-2H3,(H,23,26). The molecule has 1 N–H and O–H groups in total. The maximum atomic E-state index is 12.5. The number of amides is 1. The van der Waals surface area contributed by atoms with Crippen molar-refractivity contribution in [3.05, 3.63) is 58.7 Å². The van der Waals surface area contributed by atoms with Gasteiger partial charge >= 0.3 is 5.97 Å². The zero-order valence-electron chi connectivity index (χ0n) is 16.4. The summed E-state index contributed by atoms with van der Waals surface area (Å²) >= 11 is 0. The van der Waals surface area contributed by atoms with Crippen LogP contribution in [0.4, 0.5) is 0 Å². The van der Waals surface area contributed by atoms with Crippen LogP contribution in [0, 0.1) is 0 Å². The van der Waals surface area contributed by atoms with Crippen molar-refractivity contribution in [2.45, 2.75) is 26.7 Å². The molecule has 1 heterocycles. The van der Waals surface area contributed by atoms with Gasteiger partial charge in [0.1, 0.15) is 6.54 Å². The van der Waals surface area contributed by atoms with Crippen molar-refractivity contribution in [1.82, 2.24) is 5.32 Å². The normalized spacial score (nSPS) is 11.8. The molecule has 7 heteroatoms. The van der Waals surface area contributed by atoms with Crippen LogP contribution in [0.25, 0.3) is 0 Å². The lowest BCUT2D eigenvalue weighted by Crippen LogP contribution is -2.31. The van der Waals surface area contributed by atoms with Crippen molar-refractivity contribution < 1.29 is 28.6 Å². The molecule has 0 aliphatic carbocycles.